The van der Waals surface area contributed by atoms with E-state index < -0.39 is 0 Å². The van der Waals surface area contributed by atoms with Gasteiger partial charge < -0.3 is 20.5 Å². The molecule has 7 heteroatoms. The van der Waals surface area contributed by atoms with Gasteiger partial charge in [0, 0.05) is 36.3 Å². The van der Waals surface area contributed by atoms with E-state index >= 15 is 0 Å². The minimum atomic E-state index is -0.0134. The summed E-state index contributed by atoms with van der Waals surface area (Å²) in [6, 6.07) is 16.6. The number of hydrogen-bond donors (Lipinski definition) is 2. The van der Waals surface area contributed by atoms with Crippen molar-refractivity contribution in [1.29, 1.82) is 0 Å². The second-order valence-corrected chi connectivity index (χ2v) is 7.71. The second-order valence-electron chi connectivity index (χ2n) is 7.71. The van der Waals surface area contributed by atoms with Gasteiger partial charge in [0.15, 0.2) is 0 Å². The average Bonchev–Trinajstić information content (AvgIpc) is 3.21. The second kappa shape index (κ2) is 7.93. The molecule has 0 saturated carbocycles. The van der Waals surface area contributed by atoms with Crippen LogP contribution in [-0.4, -0.2) is 52.0 Å². The van der Waals surface area contributed by atoms with Crippen LogP contribution in [0.5, 0.6) is 5.75 Å². The molecule has 1 saturated heterocycles. The third kappa shape index (κ3) is 3.58. The number of fused-ring (bicyclic) bond motifs is 2. The zero-order chi connectivity index (χ0) is 20.5. The van der Waals surface area contributed by atoms with Gasteiger partial charge in [0.2, 0.25) is 0 Å². The standard InChI is InChI=1S/C23H25N5O2/c24-17-7-9-27(10-8-17)18-2-4-20-16(13-18)1-6-23(26-20)28-15-25-21-14-19(30-12-11-29)3-5-22(21)28/h1-6,13-15,17,29H,7-12,24H2. The molecule has 0 radical (unpaired) electrons. The number of nitrogens with zero attached hydrogens (tertiary/aromatic N) is 4. The highest BCUT2D eigenvalue weighted by Crippen LogP contribution is 2.26. The van der Waals surface area contributed by atoms with E-state index in [-0.39, 0.29) is 13.2 Å². The monoisotopic (exact) mass is 403 g/mol. The maximum atomic E-state index is 8.92. The first-order chi connectivity index (χ1) is 14.7. The Hall–Kier alpha value is -3.16. The molecular weight excluding hydrogens is 378 g/mol. The summed E-state index contributed by atoms with van der Waals surface area (Å²) in [5.41, 5.74) is 10.0. The molecule has 3 heterocycles. The third-order valence-electron chi connectivity index (χ3n) is 5.69. The topological polar surface area (TPSA) is 89.4 Å². The van der Waals surface area contributed by atoms with Crippen LogP contribution in [0.2, 0.25) is 0 Å². The highest BCUT2D eigenvalue weighted by molar-refractivity contribution is 5.84. The molecule has 4 aromatic rings. The van der Waals surface area contributed by atoms with E-state index in [0.717, 1.165) is 53.7 Å². The van der Waals surface area contributed by atoms with Crippen molar-refractivity contribution in [2.45, 2.75) is 18.9 Å². The molecule has 1 fully saturated rings. The third-order valence-corrected chi connectivity index (χ3v) is 5.69. The summed E-state index contributed by atoms with van der Waals surface area (Å²) < 4.78 is 7.45. The van der Waals surface area contributed by atoms with Crippen molar-refractivity contribution in [2.75, 3.05) is 31.2 Å². The SMILES string of the molecule is NC1CCN(c2ccc3nc(-n4cnc5cc(OCCO)ccc54)ccc3c2)CC1. The zero-order valence-electron chi connectivity index (χ0n) is 16.7. The summed E-state index contributed by atoms with van der Waals surface area (Å²) in [4.78, 5) is 11.7. The first-order valence-corrected chi connectivity index (χ1v) is 10.3. The minimum absolute atomic E-state index is 0.0134. The van der Waals surface area contributed by atoms with Gasteiger partial charge in [-0.2, -0.15) is 0 Å². The Morgan fingerprint density at radius 1 is 1.03 bits per heavy atom. The Bertz CT molecular complexity index is 1180. The van der Waals surface area contributed by atoms with E-state index in [9.17, 15) is 0 Å². The molecule has 5 rings (SSSR count). The molecule has 0 bridgehead atoms. The quantitative estimate of drug-likeness (QED) is 0.533. The van der Waals surface area contributed by atoms with Gasteiger partial charge in [-0.25, -0.2) is 9.97 Å². The molecule has 154 valence electrons. The van der Waals surface area contributed by atoms with Crippen LogP contribution in [0.1, 0.15) is 12.8 Å². The average molecular weight is 403 g/mol. The number of aromatic nitrogens is 3. The molecule has 0 aliphatic carbocycles. The fourth-order valence-corrected chi connectivity index (χ4v) is 4.02. The first-order valence-electron chi connectivity index (χ1n) is 10.3. The molecule has 0 amide bonds. The van der Waals surface area contributed by atoms with Gasteiger partial charge >= 0.3 is 0 Å². The Morgan fingerprint density at radius 3 is 2.73 bits per heavy atom. The van der Waals surface area contributed by atoms with Crippen molar-refractivity contribution in [2.24, 2.45) is 5.73 Å². The number of ether oxygens (including phenoxy) is 1. The highest BCUT2D eigenvalue weighted by Gasteiger charge is 2.17. The number of imidazole rings is 1. The fraction of sp³-hybridized carbons (Fsp3) is 0.304. The van der Waals surface area contributed by atoms with Crippen LogP contribution in [0.4, 0.5) is 5.69 Å². The summed E-state index contributed by atoms with van der Waals surface area (Å²) in [5.74, 6) is 1.52. The maximum absolute atomic E-state index is 8.92. The minimum Gasteiger partial charge on any atom is -0.491 e. The van der Waals surface area contributed by atoms with E-state index in [2.05, 4.69) is 34.1 Å². The van der Waals surface area contributed by atoms with Crippen molar-refractivity contribution in [3.63, 3.8) is 0 Å². The van der Waals surface area contributed by atoms with Gasteiger partial charge in [-0.1, -0.05) is 0 Å². The molecule has 30 heavy (non-hydrogen) atoms. The van der Waals surface area contributed by atoms with Gasteiger partial charge in [-0.15, -0.1) is 0 Å². The predicted molar refractivity (Wildman–Crippen MR) is 118 cm³/mol. The fourth-order valence-electron chi connectivity index (χ4n) is 4.02. The number of nitrogens with two attached hydrogens (primary N) is 1. The zero-order valence-corrected chi connectivity index (χ0v) is 16.7. The molecule has 2 aromatic carbocycles. The summed E-state index contributed by atoms with van der Waals surface area (Å²) in [5, 5.41) is 10.0. The van der Waals surface area contributed by atoms with Crippen molar-refractivity contribution in [3.05, 3.63) is 54.9 Å². The largest absolute Gasteiger partial charge is 0.491 e. The molecular formula is C23H25N5O2. The number of benzene rings is 2. The summed E-state index contributed by atoms with van der Waals surface area (Å²) in [6.07, 6.45) is 3.85. The van der Waals surface area contributed by atoms with Gasteiger partial charge in [0.1, 0.15) is 24.5 Å². The molecule has 0 spiro atoms. The Kier molecular flexibility index (Phi) is 4.98. The van der Waals surface area contributed by atoms with Crippen molar-refractivity contribution in [3.8, 4) is 11.6 Å². The Labute approximate surface area is 174 Å². The molecule has 2 aromatic heterocycles. The number of aliphatic hydroxyl groups excluding tert-OH is 1. The van der Waals surface area contributed by atoms with Crippen LogP contribution in [0, 0.1) is 0 Å². The highest BCUT2D eigenvalue weighted by atomic mass is 16.5. The van der Waals surface area contributed by atoms with Gasteiger partial charge in [0.05, 0.1) is 23.2 Å². The first kappa shape index (κ1) is 18.8. The molecule has 3 N–H and O–H groups in total. The van der Waals surface area contributed by atoms with Crippen molar-refractivity contribution >= 4 is 27.6 Å². The van der Waals surface area contributed by atoms with Crippen LogP contribution in [0.25, 0.3) is 27.8 Å². The van der Waals surface area contributed by atoms with Gasteiger partial charge in [-0.05, 0) is 55.3 Å². The molecule has 1 aliphatic rings. The number of aliphatic hydroxyl groups is 1. The van der Waals surface area contributed by atoms with E-state index in [4.69, 9.17) is 20.6 Å². The summed E-state index contributed by atoms with van der Waals surface area (Å²) in [6.45, 7) is 2.26. The van der Waals surface area contributed by atoms with Gasteiger partial charge in [-0.3, -0.25) is 4.57 Å². The van der Waals surface area contributed by atoms with Crippen molar-refractivity contribution < 1.29 is 9.84 Å². The Morgan fingerprint density at radius 2 is 1.90 bits per heavy atom. The number of piperidine rings is 1. The number of anilines is 1. The number of pyridine rings is 1. The smallest absolute Gasteiger partial charge is 0.139 e. The molecule has 0 unspecified atom stereocenters. The molecule has 1 aliphatic heterocycles. The lowest BCUT2D eigenvalue weighted by Crippen LogP contribution is -2.39. The Balaban J connectivity index is 1.44. The van der Waals surface area contributed by atoms with Crippen LogP contribution in [0.15, 0.2) is 54.9 Å². The number of rotatable bonds is 5. The van der Waals surface area contributed by atoms with Crippen LogP contribution < -0.4 is 15.4 Å². The summed E-state index contributed by atoms with van der Waals surface area (Å²) in [7, 11) is 0. The molecule has 0 atom stereocenters. The lowest BCUT2D eigenvalue weighted by Gasteiger charge is -2.32. The van der Waals surface area contributed by atoms with Gasteiger partial charge in [0.25, 0.3) is 0 Å². The van der Waals surface area contributed by atoms with E-state index in [1.54, 1.807) is 6.33 Å². The van der Waals surface area contributed by atoms with E-state index in [0.29, 0.717) is 11.8 Å². The summed E-state index contributed by atoms with van der Waals surface area (Å²) >= 11 is 0. The maximum Gasteiger partial charge on any atom is 0.139 e. The van der Waals surface area contributed by atoms with E-state index in [1.165, 1.54) is 5.69 Å². The van der Waals surface area contributed by atoms with Crippen LogP contribution in [-0.2, 0) is 0 Å². The van der Waals surface area contributed by atoms with Crippen molar-refractivity contribution in [1.82, 2.24) is 14.5 Å². The number of hydrogen-bond acceptors (Lipinski definition) is 6. The van der Waals surface area contributed by atoms with E-state index in [1.807, 2.05) is 28.8 Å². The molecule has 7 nitrogen and oxygen atoms in total. The lowest BCUT2D eigenvalue weighted by atomic mass is 10.0. The van der Waals surface area contributed by atoms with Crippen LogP contribution in [0.3, 0.4) is 0 Å². The van der Waals surface area contributed by atoms with Crippen LogP contribution >= 0.6 is 0 Å². The lowest BCUT2D eigenvalue weighted by molar-refractivity contribution is 0.201. The normalized spacial score (nSPS) is 15.2. The predicted octanol–water partition coefficient (Wildman–Crippen LogP) is 2.87.